The number of nitrogens with zero attached hydrogens (tertiary/aromatic N) is 1. The quantitative estimate of drug-likeness (QED) is 0.801. The number of aromatic nitrogens is 1. The van der Waals surface area contributed by atoms with Crippen LogP contribution in [0, 0.1) is 0 Å². The zero-order valence-electron chi connectivity index (χ0n) is 11.4. The van der Waals surface area contributed by atoms with Gasteiger partial charge in [-0.05, 0) is 19.9 Å². The number of H-pyrrole nitrogens is 1. The summed E-state index contributed by atoms with van der Waals surface area (Å²) in [6, 6.07) is 3.47. The van der Waals surface area contributed by atoms with Crippen LogP contribution in [-0.4, -0.2) is 31.3 Å². The molecule has 6 nitrogen and oxygen atoms in total. The van der Waals surface area contributed by atoms with Crippen LogP contribution < -0.4 is 16.4 Å². The highest BCUT2D eigenvalue weighted by Crippen LogP contribution is 2.26. The molecule has 0 aliphatic heterocycles. The maximum atomic E-state index is 11.1. The number of likely N-dealkylation sites (N-methyl/N-ethyl adjacent to an activating group) is 1. The standard InChI is InChI=1S/C13H19N3O3/c1-8(2)18-5-4-16(3)11-7-10-12(6-9(11)14)19-13(17)15-10/h6-8H,4-5,14H2,1-3H3,(H,15,17). The summed E-state index contributed by atoms with van der Waals surface area (Å²) in [5.41, 5.74) is 8.50. The molecule has 0 aliphatic rings. The number of fused-ring (bicyclic) bond motifs is 1. The van der Waals surface area contributed by atoms with Crippen molar-refractivity contribution in [2.75, 3.05) is 30.8 Å². The molecule has 1 aromatic heterocycles. The lowest BCUT2D eigenvalue weighted by Crippen LogP contribution is -2.24. The lowest BCUT2D eigenvalue weighted by atomic mass is 10.2. The van der Waals surface area contributed by atoms with Crippen molar-refractivity contribution in [2.45, 2.75) is 20.0 Å². The molecule has 0 unspecified atom stereocenters. The molecule has 0 amide bonds. The third kappa shape index (κ3) is 3.08. The number of nitrogens with one attached hydrogen (secondary N) is 1. The van der Waals surface area contributed by atoms with Crippen LogP contribution in [0.4, 0.5) is 11.4 Å². The maximum absolute atomic E-state index is 11.1. The molecule has 6 heteroatoms. The van der Waals surface area contributed by atoms with E-state index in [1.807, 2.05) is 31.9 Å². The van der Waals surface area contributed by atoms with E-state index in [1.54, 1.807) is 6.07 Å². The zero-order valence-corrected chi connectivity index (χ0v) is 11.4. The predicted octanol–water partition coefficient (Wildman–Crippen LogP) is 1.56. The molecule has 0 spiro atoms. The molecular weight excluding hydrogens is 246 g/mol. The van der Waals surface area contributed by atoms with Gasteiger partial charge < -0.3 is 19.8 Å². The molecule has 2 aromatic rings. The van der Waals surface area contributed by atoms with Gasteiger partial charge in [0.25, 0.3) is 0 Å². The van der Waals surface area contributed by atoms with Crippen LogP contribution in [0.5, 0.6) is 0 Å². The minimum absolute atomic E-state index is 0.207. The highest BCUT2D eigenvalue weighted by atomic mass is 16.5. The van der Waals surface area contributed by atoms with Gasteiger partial charge in [-0.15, -0.1) is 0 Å². The van der Waals surface area contributed by atoms with E-state index >= 15 is 0 Å². The van der Waals surface area contributed by atoms with Gasteiger partial charge in [0.15, 0.2) is 5.58 Å². The summed E-state index contributed by atoms with van der Waals surface area (Å²) < 4.78 is 10.5. The molecule has 1 aromatic carbocycles. The minimum Gasteiger partial charge on any atom is -0.408 e. The second-order valence-electron chi connectivity index (χ2n) is 4.76. The highest BCUT2D eigenvalue weighted by molar-refractivity contribution is 5.85. The monoisotopic (exact) mass is 265 g/mol. The van der Waals surface area contributed by atoms with Crippen molar-refractivity contribution >= 4 is 22.5 Å². The molecule has 0 atom stereocenters. The van der Waals surface area contributed by atoms with Crippen LogP contribution in [0.2, 0.25) is 0 Å². The van der Waals surface area contributed by atoms with Crippen LogP contribution in [0.3, 0.4) is 0 Å². The van der Waals surface area contributed by atoms with E-state index in [-0.39, 0.29) is 6.10 Å². The second kappa shape index (κ2) is 5.36. The van der Waals surface area contributed by atoms with Gasteiger partial charge in [0.1, 0.15) is 0 Å². The van der Waals surface area contributed by atoms with Gasteiger partial charge in [-0.25, -0.2) is 4.79 Å². The Morgan fingerprint density at radius 1 is 1.47 bits per heavy atom. The lowest BCUT2D eigenvalue weighted by Gasteiger charge is -2.21. The molecule has 1 heterocycles. The average Bonchev–Trinajstić information content (AvgIpc) is 2.66. The smallest absolute Gasteiger partial charge is 0.408 e. The van der Waals surface area contributed by atoms with E-state index in [0.717, 1.165) is 12.2 Å². The number of rotatable bonds is 5. The molecule has 0 radical (unpaired) electrons. The molecule has 19 heavy (non-hydrogen) atoms. The Morgan fingerprint density at radius 2 is 2.21 bits per heavy atom. The maximum Gasteiger partial charge on any atom is 0.417 e. The van der Waals surface area contributed by atoms with Crippen LogP contribution in [0.1, 0.15) is 13.8 Å². The summed E-state index contributed by atoms with van der Waals surface area (Å²) in [6.45, 7) is 5.33. The van der Waals surface area contributed by atoms with Crippen molar-refractivity contribution in [1.82, 2.24) is 4.98 Å². The van der Waals surface area contributed by atoms with Crippen molar-refractivity contribution < 1.29 is 9.15 Å². The van der Waals surface area contributed by atoms with Crippen molar-refractivity contribution in [3.63, 3.8) is 0 Å². The molecule has 3 N–H and O–H groups in total. The summed E-state index contributed by atoms with van der Waals surface area (Å²) in [4.78, 5) is 15.7. The predicted molar refractivity (Wildman–Crippen MR) is 75.6 cm³/mol. The summed E-state index contributed by atoms with van der Waals surface area (Å²) >= 11 is 0. The lowest BCUT2D eigenvalue weighted by molar-refractivity contribution is 0.0846. The third-order valence-corrected chi connectivity index (χ3v) is 2.86. The summed E-state index contributed by atoms with van der Waals surface area (Å²) in [7, 11) is 1.93. The van der Waals surface area contributed by atoms with E-state index in [1.165, 1.54) is 0 Å². The number of nitrogens with two attached hydrogens (primary N) is 1. The van der Waals surface area contributed by atoms with Crippen LogP contribution in [0.25, 0.3) is 11.1 Å². The van der Waals surface area contributed by atoms with E-state index < -0.39 is 5.76 Å². The SMILES string of the molecule is CC(C)OCCN(C)c1cc2[nH]c(=O)oc2cc1N. The number of hydrogen-bond acceptors (Lipinski definition) is 5. The Bertz CT molecular complexity index is 615. The van der Waals surface area contributed by atoms with Gasteiger partial charge in [-0.1, -0.05) is 0 Å². The van der Waals surface area contributed by atoms with Crippen LogP contribution >= 0.6 is 0 Å². The summed E-state index contributed by atoms with van der Waals surface area (Å²) in [5, 5.41) is 0. The average molecular weight is 265 g/mol. The Labute approximate surface area is 111 Å². The van der Waals surface area contributed by atoms with Gasteiger partial charge in [0.05, 0.1) is 29.6 Å². The number of benzene rings is 1. The molecule has 0 saturated carbocycles. The minimum atomic E-state index is -0.475. The van der Waals surface area contributed by atoms with Gasteiger partial charge in [-0.2, -0.15) is 0 Å². The Kier molecular flexibility index (Phi) is 3.80. The summed E-state index contributed by atoms with van der Waals surface area (Å²) in [5.74, 6) is -0.475. The van der Waals surface area contributed by atoms with Gasteiger partial charge >= 0.3 is 5.76 Å². The molecule has 104 valence electrons. The molecule has 0 fully saturated rings. The van der Waals surface area contributed by atoms with Crippen molar-refractivity contribution in [1.29, 1.82) is 0 Å². The normalized spacial score (nSPS) is 11.4. The number of anilines is 2. The first-order valence-electron chi connectivity index (χ1n) is 6.22. The number of aromatic amines is 1. The van der Waals surface area contributed by atoms with E-state index in [9.17, 15) is 4.79 Å². The zero-order chi connectivity index (χ0) is 14.0. The second-order valence-corrected chi connectivity index (χ2v) is 4.76. The number of oxazole rings is 1. The number of nitrogen functional groups attached to an aromatic ring is 1. The Balaban J connectivity index is 2.18. The highest BCUT2D eigenvalue weighted by Gasteiger charge is 2.10. The first-order valence-corrected chi connectivity index (χ1v) is 6.22. The topological polar surface area (TPSA) is 84.5 Å². The van der Waals surface area contributed by atoms with Crippen LogP contribution in [-0.2, 0) is 4.74 Å². The van der Waals surface area contributed by atoms with Gasteiger partial charge in [0.2, 0.25) is 0 Å². The van der Waals surface area contributed by atoms with E-state index in [2.05, 4.69) is 4.98 Å². The Hall–Kier alpha value is -1.95. The fourth-order valence-electron chi connectivity index (χ4n) is 1.88. The first kappa shape index (κ1) is 13.5. The number of ether oxygens (including phenoxy) is 1. The molecule has 0 bridgehead atoms. The fourth-order valence-corrected chi connectivity index (χ4v) is 1.88. The molecule has 0 aliphatic carbocycles. The van der Waals surface area contributed by atoms with Crippen molar-refractivity contribution in [2.24, 2.45) is 0 Å². The van der Waals surface area contributed by atoms with Crippen molar-refractivity contribution in [3.8, 4) is 0 Å². The Morgan fingerprint density at radius 3 is 2.89 bits per heavy atom. The number of hydrogen-bond donors (Lipinski definition) is 2. The van der Waals surface area contributed by atoms with Crippen molar-refractivity contribution in [3.05, 3.63) is 22.7 Å². The van der Waals surface area contributed by atoms with Gasteiger partial charge in [0, 0.05) is 19.7 Å². The summed E-state index contributed by atoms with van der Waals surface area (Å²) in [6.07, 6.45) is 0.207. The molecule has 2 rings (SSSR count). The molecular formula is C13H19N3O3. The fraction of sp³-hybridized carbons (Fsp3) is 0.462. The first-order chi connectivity index (χ1) is 8.97. The van der Waals surface area contributed by atoms with E-state index in [0.29, 0.717) is 23.4 Å². The molecule has 0 saturated heterocycles. The third-order valence-electron chi connectivity index (χ3n) is 2.86. The largest absolute Gasteiger partial charge is 0.417 e. The van der Waals surface area contributed by atoms with E-state index in [4.69, 9.17) is 14.9 Å². The van der Waals surface area contributed by atoms with Gasteiger partial charge in [-0.3, -0.25) is 4.98 Å². The van der Waals surface area contributed by atoms with Crippen LogP contribution in [0.15, 0.2) is 21.3 Å².